The maximum Gasteiger partial charge on any atom is 0.239 e. The van der Waals surface area contributed by atoms with Crippen LogP contribution >= 0.6 is 0 Å². The molecule has 1 saturated heterocycles. The van der Waals surface area contributed by atoms with E-state index >= 15 is 0 Å². The van der Waals surface area contributed by atoms with Crippen LogP contribution in [0.5, 0.6) is 0 Å². The number of aromatic amines is 1. The molecule has 0 radical (unpaired) electrons. The zero-order valence-electron chi connectivity index (χ0n) is 11.5. The predicted octanol–water partition coefficient (Wildman–Crippen LogP) is 1.04. The van der Waals surface area contributed by atoms with Crippen LogP contribution in [0.1, 0.15) is 5.56 Å². The van der Waals surface area contributed by atoms with Gasteiger partial charge in [-0.1, -0.05) is 0 Å². The zero-order chi connectivity index (χ0) is 14.9. The minimum Gasteiger partial charge on any atom is -0.383 e. The van der Waals surface area contributed by atoms with Gasteiger partial charge in [0.1, 0.15) is 5.41 Å². The van der Waals surface area contributed by atoms with Crippen LogP contribution in [-0.4, -0.2) is 42.8 Å². The summed E-state index contributed by atoms with van der Waals surface area (Å²) < 4.78 is 10.2. The number of methoxy groups -OCH3 is 1. The van der Waals surface area contributed by atoms with Gasteiger partial charge in [0.2, 0.25) is 11.9 Å². The first-order valence-electron chi connectivity index (χ1n) is 6.45. The van der Waals surface area contributed by atoms with Crippen LogP contribution in [-0.2, 0) is 14.3 Å². The van der Waals surface area contributed by atoms with Crippen molar-refractivity contribution >= 4 is 22.9 Å². The van der Waals surface area contributed by atoms with E-state index in [1.165, 1.54) is 0 Å². The van der Waals surface area contributed by atoms with E-state index in [0.29, 0.717) is 42.4 Å². The minimum atomic E-state index is -0.647. The number of ether oxygens (including phenoxy) is 2. The van der Waals surface area contributed by atoms with Crippen molar-refractivity contribution in [2.75, 3.05) is 32.2 Å². The number of rotatable bonds is 4. The molecular formula is C14H14N4O3. The highest BCUT2D eigenvalue weighted by atomic mass is 16.5. The fourth-order valence-corrected chi connectivity index (χ4v) is 2.28. The third kappa shape index (κ3) is 2.35. The molecule has 1 fully saturated rings. The van der Waals surface area contributed by atoms with Crippen molar-refractivity contribution in [3.8, 4) is 6.07 Å². The molecule has 1 amide bonds. The first-order chi connectivity index (χ1) is 10.2. The Bertz CT molecular complexity index is 727. The molecule has 0 bridgehead atoms. The Balaban J connectivity index is 1.81. The number of aromatic nitrogens is 2. The normalized spacial score (nSPS) is 16.2. The van der Waals surface area contributed by atoms with Gasteiger partial charge in [-0.3, -0.25) is 10.1 Å². The Morgan fingerprint density at radius 3 is 3.05 bits per heavy atom. The number of nitriles is 1. The lowest BCUT2D eigenvalue weighted by molar-refractivity contribution is -0.167. The molecule has 0 atom stereocenters. The van der Waals surface area contributed by atoms with Crippen LogP contribution in [0.25, 0.3) is 11.0 Å². The first kappa shape index (κ1) is 13.5. The van der Waals surface area contributed by atoms with Gasteiger partial charge in [0.05, 0.1) is 42.5 Å². The van der Waals surface area contributed by atoms with Crippen LogP contribution in [0.3, 0.4) is 0 Å². The quantitative estimate of drug-likeness (QED) is 0.874. The van der Waals surface area contributed by atoms with Crippen LogP contribution in [0.4, 0.5) is 5.95 Å². The topological polar surface area (TPSA) is 100 Å². The lowest BCUT2D eigenvalue weighted by Gasteiger charge is -2.38. The molecule has 0 spiro atoms. The monoisotopic (exact) mass is 286 g/mol. The molecule has 2 aromatic rings. The number of anilines is 1. The number of amides is 1. The van der Waals surface area contributed by atoms with Gasteiger partial charge in [0.25, 0.3) is 0 Å². The van der Waals surface area contributed by atoms with Crippen LogP contribution in [0, 0.1) is 16.7 Å². The number of nitrogens with zero attached hydrogens (tertiary/aromatic N) is 2. The van der Waals surface area contributed by atoms with E-state index in [-0.39, 0.29) is 5.91 Å². The second-order valence-electron chi connectivity index (χ2n) is 5.09. The molecular weight excluding hydrogens is 272 g/mol. The maximum absolute atomic E-state index is 12.3. The average molecular weight is 286 g/mol. The summed E-state index contributed by atoms with van der Waals surface area (Å²) >= 11 is 0. The summed E-state index contributed by atoms with van der Waals surface area (Å²) in [4.78, 5) is 19.6. The van der Waals surface area contributed by atoms with E-state index in [9.17, 15) is 4.79 Å². The van der Waals surface area contributed by atoms with E-state index < -0.39 is 5.41 Å². The molecule has 1 aliphatic rings. The highest BCUT2D eigenvalue weighted by Gasteiger charge is 2.46. The number of carbonyl (C=O) groups is 1. The van der Waals surface area contributed by atoms with Crippen LogP contribution < -0.4 is 5.32 Å². The van der Waals surface area contributed by atoms with E-state index in [1.807, 2.05) is 0 Å². The third-order valence-electron chi connectivity index (χ3n) is 3.50. The number of hydrogen-bond donors (Lipinski definition) is 2. The molecule has 0 saturated carbocycles. The van der Waals surface area contributed by atoms with Gasteiger partial charge in [-0.05, 0) is 18.2 Å². The molecule has 7 heteroatoms. The van der Waals surface area contributed by atoms with Gasteiger partial charge in [-0.2, -0.15) is 5.26 Å². The molecule has 3 rings (SSSR count). The van der Waals surface area contributed by atoms with E-state index in [4.69, 9.17) is 14.7 Å². The number of carbonyl (C=O) groups excluding carboxylic acids is 1. The smallest absolute Gasteiger partial charge is 0.239 e. The molecule has 2 heterocycles. The van der Waals surface area contributed by atoms with Crippen molar-refractivity contribution in [2.45, 2.75) is 0 Å². The Morgan fingerprint density at radius 1 is 1.62 bits per heavy atom. The lowest BCUT2D eigenvalue weighted by atomic mass is 9.86. The second kappa shape index (κ2) is 5.16. The molecule has 0 aliphatic carbocycles. The highest BCUT2D eigenvalue weighted by molar-refractivity contribution is 5.96. The number of H-pyrrole nitrogens is 1. The molecule has 108 valence electrons. The maximum atomic E-state index is 12.3. The predicted molar refractivity (Wildman–Crippen MR) is 74.6 cm³/mol. The van der Waals surface area contributed by atoms with Crippen molar-refractivity contribution in [3.63, 3.8) is 0 Å². The summed E-state index contributed by atoms with van der Waals surface area (Å²) in [6, 6.07) is 7.17. The van der Waals surface area contributed by atoms with Crippen molar-refractivity contribution in [1.29, 1.82) is 5.26 Å². The number of fused-ring (bicyclic) bond motifs is 1. The average Bonchev–Trinajstić information content (AvgIpc) is 2.83. The summed E-state index contributed by atoms with van der Waals surface area (Å²) in [5.74, 6) is 0.169. The largest absolute Gasteiger partial charge is 0.383 e. The third-order valence-corrected chi connectivity index (χ3v) is 3.50. The molecule has 2 N–H and O–H groups in total. The Morgan fingerprint density at radius 2 is 2.43 bits per heavy atom. The van der Waals surface area contributed by atoms with E-state index in [0.717, 1.165) is 0 Å². The lowest BCUT2D eigenvalue weighted by Crippen LogP contribution is -2.54. The summed E-state index contributed by atoms with van der Waals surface area (Å²) in [7, 11) is 1.55. The Hall–Kier alpha value is -2.43. The molecule has 1 aromatic carbocycles. The Labute approximate surface area is 120 Å². The van der Waals surface area contributed by atoms with Crippen LogP contribution in [0.15, 0.2) is 18.2 Å². The summed E-state index contributed by atoms with van der Waals surface area (Å²) in [5, 5.41) is 11.6. The summed E-state index contributed by atoms with van der Waals surface area (Å²) in [6.45, 7) is 0.981. The SMILES string of the molecule is COCC1(C(=O)Nc2nc3ccc(C#N)cc3[nH]2)COC1. The fraction of sp³-hybridized carbons (Fsp3) is 0.357. The van der Waals surface area contributed by atoms with Crippen LogP contribution in [0.2, 0.25) is 0 Å². The summed E-state index contributed by atoms with van der Waals surface area (Å²) in [6.07, 6.45) is 0. The van der Waals surface area contributed by atoms with Crippen molar-refractivity contribution < 1.29 is 14.3 Å². The van der Waals surface area contributed by atoms with Gasteiger partial charge in [0, 0.05) is 7.11 Å². The number of hydrogen-bond acceptors (Lipinski definition) is 5. The molecule has 1 aliphatic heterocycles. The molecule has 1 aromatic heterocycles. The molecule has 7 nitrogen and oxygen atoms in total. The first-order valence-corrected chi connectivity index (χ1v) is 6.45. The highest BCUT2D eigenvalue weighted by Crippen LogP contribution is 2.29. The number of imidazole rings is 1. The second-order valence-corrected chi connectivity index (χ2v) is 5.09. The molecule has 21 heavy (non-hydrogen) atoms. The van der Waals surface area contributed by atoms with Crippen molar-refractivity contribution in [2.24, 2.45) is 5.41 Å². The molecule has 0 unspecified atom stereocenters. The summed E-state index contributed by atoms with van der Waals surface area (Å²) in [5.41, 5.74) is 1.28. The van der Waals surface area contributed by atoms with Gasteiger partial charge in [-0.15, -0.1) is 0 Å². The Kier molecular flexibility index (Phi) is 3.33. The van der Waals surface area contributed by atoms with E-state index in [2.05, 4.69) is 21.4 Å². The minimum absolute atomic E-state index is 0.185. The van der Waals surface area contributed by atoms with E-state index in [1.54, 1.807) is 25.3 Å². The van der Waals surface area contributed by atoms with Gasteiger partial charge >= 0.3 is 0 Å². The van der Waals surface area contributed by atoms with Crippen molar-refractivity contribution in [1.82, 2.24) is 9.97 Å². The zero-order valence-corrected chi connectivity index (χ0v) is 11.5. The number of nitrogens with one attached hydrogen (secondary N) is 2. The standard InChI is InChI=1S/C14H14N4O3/c1-20-6-14(7-21-8-14)12(19)18-13-16-10-3-2-9(5-15)4-11(10)17-13/h2-4H,6-8H2,1H3,(H2,16,17,18,19). The van der Waals surface area contributed by atoms with Crippen molar-refractivity contribution in [3.05, 3.63) is 23.8 Å². The fourth-order valence-electron chi connectivity index (χ4n) is 2.28. The van der Waals surface area contributed by atoms with Gasteiger partial charge in [0.15, 0.2) is 0 Å². The number of benzene rings is 1. The van der Waals surface area contributed by atoms with Gasteiger partial charge in [-0.25, -0.2) is 4.98 Å². The van der Waals surface area contributed by atoms with Gasteiger partial charge < -0.3 is 14.5 Å².